The third-order valence-electron chi connectivity index (χ3n) is 16.9. The Kier molecular flexibility index (Phi) is 18.9. The molecule has 0 amide bonds. The van der Waals surface area contributed by atoms with Crippen LogP contribution in [0.3, 0.4) is 0 Å². The fraction of sp³-hybridized carbons (Fsp3) is 0.580. The van der Waals surface area contributed by atoms with E-state index in [1.807, 2.05) is 67.7 Å². The Bertz CT molecular complexity index is 4030. The molecule has 3 aliphatic rings. The van der Waals surface area contributed by atoms with Crippen molar-refractivity contribution in [3.05, 3.63) is 77.9 Å². The van der Waals surface area contributed by atoms with Crippen LogP contribution >= 0.6 is 15.6 Å². The van der Waals surface area contributed by atoms with Gasteiger partial charge in [-0.1, -0.05) is 53.7 Å². The zero-order valence-corrected chi connectivity index (χ0v) is 55.5. The molecule has 496 valence electrons. The third kappa shape index (κ3) is 14.1. The number of imidazole rings is 3. The van der Waals surface area contributed by atoms with Gasteiger partial charge in [-0.2, -0.15) is 8.42 Å². The number of hydrogen-bond acceptors (Lipinski definition) is 30. The van der Waals surface area contributed by atoms with Gasteiger partial charge in [-0.15, -0.1) is 0 Å². The van der Waals surface area contributed by atoms with Crippen molar-refractivity contribution in [2.24, 2.45) is 0 Å². The van der Waals surface area contributed by atoms with E-state index in [0.29, 0.717) is 5.56 Å². The molecule has 91 heavy (non-hydrogen) atoms. The number of aliphatic hydroxyl groups is 2. The van der Waals surface area contributed by atoms with Crippen LogP contribution in [0.4, 0.5) is 23.1 Å². The van der Waals surface area contributed by atoms with Gasteiger partial charge in [-0.3, -0.25) is 46.1 Å². The molecule has 0 bridgehead atoms. The van der Waals surface area contributed by atoms with E-state index >= 15 is 0 Å². The van der Waals surface area contributed by atoms with Crippen LogP contribution in [0.25, 0.3) is 33.5 Å². The van der Waals surface area contributed by atoms with Crippen molar-refractivity contribution in [3.63, 3.8) is 0 Å². The molecule has 6 aromatic heterocycles. The van der Waals surface area contributed by atoms with Gasteiger partial charge in [-0.05, 0) is 48.2 Å². The number of phosphoric acid groups is 2. The summed E-state index contributed by atoms with van der Waals surface area (Å²) in [7, 11) is -21.8. The number of phosphoric ester groups is 2. The largest absolute Gasteiger partial charge is 0.472 e. The molecular formula is C50H72N16O20P2SSi2. The summed E-state index contributed by atoms with van der Waals surface area (Å²) >= 11 is 0. The highest BCUT2D eigenvalue weighted by molar-refractivity contribution is 7.86. The Morgan fingerprint density at radius 3 is 1.44 bits per heavy atom. The van der Waals surface area contributed by atoms with Crippen molar-refractivity contribution in [1.29, 1.82) is 0 Å². The van der Waals surface area contributed by atoms with E-state index in [1.165, 1.54) is 52.4 Å². The molecule has 1 aromatic carbocycles. The monoisotopic (exact) mass is 1370 g/mol. The van der Waals surface area contributed by atoms with Gasteiger partial charge >= 0.3 is 15.6 Å². The van der Waals surface area contributed by atoms with Crippen LogP contribution in [0.2, 0.25) is 36.3 Å². The Balaban J connectivity index is 0.995. The van der Waals surface area contributed by atoms with Crippen molar-refractivity contribution in [3.8, 4) is 0 Å². The summed E-state index contributed by atoms with van der Waals surface area (Å²) in [6, 6.07) is 5.02. The number of nitro groups is 1. The SMILES string of the molecule is CC(C)(C)[Si](C)(C)O[C@H]1[C@@H](O)[C@H](n2cnc3c(N)ncnc32)O[C@@H]1COP(=O)(O)O[C@@H]1[C@H](OS(=O)(=O)CCc2ccc([N+](=O)[O-])cc2)[C@@H](COP(=O)(O)O[C@@H]2[C@H](O[Si](C)(C)C(C)(C)C)[C@@H](CO)O[C@H]2n2cnc3c(N)ncnc32)O[C@H]1n1cnc2c(N)ncnc21. The number of rotatable bonds is 24. The number of aliphatic hydroxyl groups excluding tert-OH is 2. The second kappa shape index (κ2) is 25.4. The first-order chi connectivity index (χ1) is 42.5. The number of aromatic nitrogens is 12. The minimum Gasteiger partial charge on any atom is -0.408 e. The number of aryl methyl sites for hydroxylation is 1. The molecular weight excluding hydrogens is 1290 g/mol. The molecule has 10 rings (SSSR count). The predicted octanol–water partition coefficient (Wildman–Crippen LogP) is 3.95. The lowest BCUT2D eigenvalue weighted by Gasteiger charge is -2.40. The number of anilines is 3. The number of nitrogen functional groups attached to an aromatic ring is 3. The summed E-state index contributed by atoms with van der Waals surface area (Å²) in [4.78, 5) is 72.5. The second-order valence-corrected chi connectivity index (χ2v) is 39.0. The molecule has 3 aliphatic heterocycles. The van der Waals surface area contributed by atoms with Gasteiger partial charge < -0.3 is 60.3 Å². The number of non-ortho nitro benzene ring substituents is 1. The molecule has 7 aromatic rings. The number of hydrogen-bond donors (Lipinski definition) is 7. The highest BCUT2D eigenvalue weighted by Crippen LogP contribution is 2.55. The molecule has 9 heterocycles. The summed E-state index contributed by atoms with van der Waals surface area (Å²) in [5.41, 5.74) is 19.0. The van der Waals surface area contributed by atoms with Crippen LogP contribution in [0.1, 0.15) is 65.8 Å². The van der Waals surface area contributed by atoms with Gasteiger partial charge in [0.2, 0.25) is 0 Å². The summed E-state index contributed by atoms with van der Waals surface area (Å²) in [5, 5.41) is 33.4. The lowest BCUT2D eigenvalue weighted by Crippen LogP contribution is -2.50. The van der Waals surface area contributed by atoms with Crippen molar-refractivity contribution < 1.29 is 87.8 Å². The first-order valence-corrected chi connectivity index (χ1v) is 38.7. The van der Waals surface area contributed by atoms with E-state index in [1.54, 1.807) is 0 Å². The number of nitrogens with two attached hydrogens (primary N) is 3. The molecule has 0 spiro atoms. The molecule has 0 aliphatic carbocycles. The van der Waals surface area contributed by atoms with Crippen molar-refractivity contribution >= 4 is 99.0 Å². The fourth-order valence-corrected chi connectivity index (χ4v) is 15.7. The lowest BCUT2D eigenvalue weighted by molar-refractivity contribution is -0.384. The zero-order valence-electron chi connectivity index (χ0n) is 50.9. The van der Waals surface area contributed by atoms with E-state index in [4.69, 9.17) is 62.5 Å². The van der Waals surface area contributed by atoms with Crippen LogP contribution in [-0.2, 0) is 71.0 Å². The molecule has 0 saturated carbocycles. The van der Waals surface area contributed by atoms with Gasteiger partial charge in [0.1, 0.15) is 90.5 Å². The molecule has 36 nitrogen and oxygen atoms in total. The van der Waals surface area contributed by atoms with Crippen LogP contribution in [0.15, 0.2) is 62.2 Å². The molecule has 41 heteroatoms. The minimum absolute atomic E-state index is 0.00588. The summed E-state index contributed by atoms with van der Waals surface area (Å²) in [5.74, 6) is -0.924. The summed E-state index contributed by atoms with van der Waals surface area (Å²) in [6.45, 7) is 16.7. The van der Waals surface area contributed by atoms with E-state index in [-0.39, 0.29) is 63.1 Å². The van der Waals surface area contributed by atoms with Crippen molar-refractivity contribution in [2.75, 3.05) is 42.8 Å². The third-order valence-corrected chi connectivity index (χ3v) is 29.0. The topological polar surface area (TPSA) is 493 Å². The minimum atomic E-state index is -5.64. The molecule has 14 atom stereocenters. The molecule has 3 saturated heterocycles. The number of benzene rings is 1. The Morgan fingerprint density at radius 2 is 1.01 bits per heavy atom. The van der Waals surface area contributed by atoms with Gasteiger partial charge in [0, 0.05) is 12.1 Å². The zero-order chi connectivity index (χ0) is 66.1. The first-order valence-electron chi connectivity index (χ1n) is 28.3. The Hall–Kier alpha value is -6.05. The lowest BCUT2D eigenvalue weighted by atomic mass is 10.1. The first kappa shape index (κ1) is 67.8. The Morgan fingerprint density at radius 1 is 0.615 bits per heavy atom. The molecule has 2 unspecified atom stereocenters. The van der Waals surface area contributed by atoms with Gasteiger partial charge in [0.25, 0.3) is 15.8 Å². The maximum Gasteiger partial charge on any atom is 0.472 e. The van der Waals surface area contributed by atoms with Crippen LogP contribution in [0.5, 0.6) is 0 Å². The number of ether oxygens (including phenoxy) is 3. The fourth-order valence-electron chi connectivity index (χ4n) is 10.0. The number of nitrogens with zero attached hydrogens (tertiary/aromatic N) is 13. The van der Waals surface area contributed by atoms with Crippen LogP contribution in [0, 0.1) is 10.1 Å². The quantitative estimate of drug-likeness (QED) is 0.0148. The van der Waals surface area contributed by atoms with Crippen molar-refractivity contribution in [1.82, 2.24) is 58.6 Å². The average molecular weight is 1370 g/mol. The smallest absolute Gasteiger partial charge is 0.408 e. The molecule has 3 fully saturated rings. The Labute approximate surface area is 521 Å². The van der Waals surface area contributed by atoms with E-state index in [2.05, 4.69) is 44.9 Å². The van der Waals surface area contributed by atoms with Gasteiger partial charge in [0.05, 0.1) is 49.5 Å². The number of fused-ring (bicyclic) bond motifs is 3. The highest BCUT2D eigenvalue weighted by atomic mass is 32.2. The maximum atomic E-state index is 14.8. The predicted molar refractivity (Wildman–Crippen MR) is 325 cm³/mol. The van der Waals surface area contributed by atoms with E-state index in [0.717, 1.165) is 23.5 Å². The van der Waals surface area contributed by atoms with E-state index in [9.17, 15) is 47.7 Å². The standard InChI is InChI=1S/C50H72N16O20P2SSi2/c1-49(2,3)90(7,8)85-35-29(80-46(34(35)68)63-23-60-31-40(51)54-20-57-43(31)63)18-77-87(71,72)82-38-36(84-89(75,76)16-15-26-11-13-27(14-12-26)66(69)70)30(81-47(38)64-24-61-32-41(52)55-21-58-44(32)64)19-78-88(73,74)83-39-37(86-91(9,10)50(4,5)6)28(17-67)79-48(39)65-25-62-33-42(53)56-22-59-45(33)65/h11-14,20-25,28-30,34-39,46-48,67-68H,15-19H2,1-10H3,(H,71,72)(H,73,74)(H2,51,54,57)(H2,52,55,58)(H2,53,56,59)/t28-,29-,30-,34-,35-,36-,37-,38-,39-,46-,47-,48-/m1/s1. The summed E-state index contributed by atoms with van der Waals surface area (Å²) in [6.07, 6.45) is -12.0. The maximum absolute atomic E-state index is 14.8. The van der Waals surface area contributed by atoms with Crippen LogP contribution < -0.4 is 17.2 Å². The second-order valence-electron chi connectivity index (χ2n) is 25.0. The van der Waals surface area contributed by atoms with Crippen LogP contribution in [-0.4, -0.2) is 189 Å². The molecule has 10 N–H and O–H groups in total. The van der Waals surface area contributed by atoms with Gasteiger partial charge in [0.15, 0.2) is 69.7 Å². The molecule has 0 radical (unpaired) electrons. The van der Waals surface area contributed by atoms with E-state index < -0.39 is 157 Å². The summed E-state index contributed by atoms with van der Waals surface area (Å²) < 4.78 is 124. The number of nitro benzene ring substituents is 1. The highest BCUT2D eigenvalue weighted by Gasteiger charge is 2.57. The van der Waals surface area contributed by atoms with Gasteiger partial charge in [-0.25, -0.2) is 54.0 Å². The normalized spacial score (nSPS) is 26.7. The van der Waals surface area contributed by atoms with Crippen molar-refractivity contribution in [2.45, 2.75) is 158 Å². The average Bonchev–Trinajstić information content (AvgIpc) is 1.63.